The fourth-order valence-electron chi connectivity index (χ4n) is 6.05. The lowest BCUT2D eigenvalue weighted by atomic mass is 10.0. The van der Waals surface area contributed by atoms with Crippen LogP contribution < -0.4 is 26.1 Å². The van der Waals surface area contributed by atoms with Crippen LogP contribution in [0.3, 0.4) is 0 Å². The summed E-state index contributed by atoms with van der Waals surface area (Å²) in [6.45, 7) is 5.29. The van der Waals surface area contributed by atoms with Crippen LogP contribution >= 0.6 is 0 Å². The number of benzene rings is 3. The minimum Gasteiger partial charge on any atom is -0.480 e. The molecule has 0 saturated carbocycles. The van der Waals surface area contributed by atoms with Crippen LogP contribution in [0.4, 0.5) is 8.78 Å². The van der Waals surface area contributed by atoms with Crippen molar-refractivity contribution in [1.82, 2.24) is 25.2 Å². The molecule has 12 nitrogen and oxygen atoms in total. The number of carboxylic acid groups (broad SMARTS) is 1. The zero-order chi connectivity index (χ0) is 36.2. The molecule has 1 aliphatic heterocycles. The molecule has 5 rings (SSSR count). The van der Waals surface area contributed by atoms with Crippen molar-refractivity contribution in [2.24, 2.45) is 4.99 Å². The van der Waals surface area contributed by atoms with E-state index >= 15 is 8.78 Å². The second-order valence-electron chi connectivity index (χ2n) is 12.2. The van der Waals surface area contributed by atoms with Gasteiger partial charge >= 0.3 is 5.97 Å². The Kier molecular flexibility index (Phi) is 11.0. The van der Waals surface area contributed by atoms with Gasteiger partial charge in [-0.1, -0.05) is 48.0 Å². The fraction of sp³-hybridized carbons (Fsp3) is 0.314. The van der Waals surface area contributed by atoms with E-state index in [9.17, 15) is 27.9 Å². The van der Waals surface area contributed by atoms with Crippen molar-refractivity contribution in [2.75, 3.05) is 19.6 Å². The van der Waals surface area contributed by atoms with Crippen LogP contribution in [0, 0.1) is 32.4 Å². The summed E-state index contributed by atoms with van der Waals surface area (Å²) in [7, 11) is -4.35. The van der Waals surface area contributed by atoms with Crippen molar-refractivity contribution in [3.63, 3.8) is 0 Å². The summed E-state index contributed by atoms with van der Waals surface area (Å²) in [5.74, 6) is -4.22. The van der Waals surface area contributed by atoms with Crippen molar-refractivity contribution in [3.8, 4) is 0 Å². The number of carbonyl (C=O) groups is 2. The van der Waals surface area contributed by atoms with Crippen LogP contribution in [-0.2, 0) is 34.3 Å². The number of fused-ring (bicyclic) bond motifs is 1. The number of carboxylic acids is 1. The summed E-state index contributed by atoms with van der Waals surface area (Å²) in [5.41, 5.74) is 0.501. The quantitative estimate of drug-likeness (QED) is 0.150. The zero-order valence-corrected chi connectivity index (χ0v) is 28.6. The molecule has 4 aromatic rings. The number of hydrogen-bond acceptors (Lipinski definition) is 8. The molecule has 1 atom stereocenters. The Morgan fingerprint density at radius 1 is 1.08 bits per heavy atom. The summed E-state index contributed by atoms with van der Waals surface area (Å²) < 4.78 is 61.6. The number of pyridine rings is 1. The Labute approximate surface area is 287 Å². The Bertz CT molecular complexity index is 2130. The molecule has 1 unspecified atom stereocenters. The molecule has 0 saturated heterocycles. The average Bonchev–Trinajstić information content (AvgIpc) is 3.06. The zero-order valence-electron chi connectivity index (χ0n) is 27.8. The van der Waals surface area contributed by atoms with Crippen LogP contribution in [-0.4, -0.2) is 61.6 Å². The molecule has 0 fully saturated rings. The van der Waals surface area contributed by atoms with E-state index in [4.69, 9.17) is 0 Å². The molecule has 2 heterocycles. The van der Waals surface area contributed by atoms with E-state index in [1.54, 1.807) is 32.9 Å². The topological polar surface area (TPSA) is 171 Å². The van der Waals surface area contributed by atoms with Gasteiger partial charge in [0.05, 0.1) is 15.8 Å². The highest BCUT2D eigenvalue weighted by atomic mass is 32.2. The highest BCUT2D eigenvalue weighted by Gasteiger charge is 2.29. The molecule has 0 radical (unpaired) electrons. The number of nitrogens with one attached hydrogen (secondary N) is 4. The van der Waals surface area contributed by atoms with Crippen LogP contribution in [0.1, 0.15) is 44.6 Å². The number of carbonyl (C=O) groups excluding carboxylic acids is 1. The van der Waals surface area contributed by atoms with Crippen LogP contribution in [0.15, 0.2) is 69.4 Å². The van der Waals surface area contributed by atoms with E-state index in [1.807, 2.05) is 30.3 Å². The summed E-state index contributed by atoms with van der Waals surface area (Å²) >= 11 is 0. The third-order valence-corrected chi connectivity index (χ3v) is 10.1. The molecule has 264 valence electrons. The Morgan fingerprint density at radius 3 is 2.42 bits per heavy atom. The van der Waals surface area contributed by atoms with Crippen molar-refractivity contribution in [1.29, 1.82) is 0 Å². The maximum atomic E-state index is 16.2. The molecule has 0 spiro atoms. The van der Waals surface area contributed by atoms with Gasteiger partial charge in [0, 0.05) is 44.5 Å². The molecule has 3 aromatic carbocycles. The van der Waals surface area contributed by atoms with Gasteiger partial charge in [0.2, 0.25) is 15.5 Å². The maximum absolute atomic E-state index is 16.2. The average molecular weight is 709 g/mol. The van der Waals surface area contributed by atoms with Crippen molar-refractivity contribution in [2.45, 2.75) is 57.6 Å². The normalized spacial score (nSPS) is 13.7. The second kappa shape index (κ2) is 15.2. The monoisotopic (exact) mass is 708 g/mol. The molecule has 1 aliphatic rings. The van der Waals surface area contributed by atoms with Crippen molar-refractivity contribution < 1.29 is 31.9 Å². The summed E-state index contributed by atoms with van der Waals surface area (Å²) in [5, 5.41) is 17.7. The smallest absolute Gasteiger partial charge is 0.323 e. The van der Waals surface area contributed by atoms with Gasteiger partial charge in [-0.3, -0.25) is 19.4 Å². The predicted molar refractivity (Wildman–Crippen MR) is 185 cm³/mol. The first-order valence-corrected chi connectivity index (χ1v) is 17.5. The Balaban J connectivity index is 1.46. The van der Waals surface area contributed by atoms with Gasteiger partial charge in [-0.2, -0.15) is 4.72 Å². The van der Waals surface area contributed by atoms with Gasteiger partial charge in [0.15, 0.2) is 11.8 Å². The van der Waals surface area contributed by atoms with Crippen molar-refractivity contribution >= 4 is 38.8 Å². The van der Waals surface area contributed by atoms with E-state index < -0.39 is 62.5 Å². The third-order valence-electron chi connectivity index (χ3n) is 8.34. The molecule has 50 heavy (non-hydrogen) atoms. The highest BCUT2D eigenvalue weighted by molar-refractivity contribution is 7.89. The van der Waals surface area contributed by atoms with Crippen LogP contribution in [0.2, 0.25) is 0 Å². The van der Waals surface area contributed by atoms with Gasteiger partial charge in [-0.15, -0.1) is 0 Å². The second-order valence-corrected chi connectivity index (χ2v) is 13.8. The summed E-state index contributed by atoms with van der Waals surface area (Å²) in [6, 6.07) is 11.6. The van der Waals surface area contributed by atoms with Gasteiger partial charge in [-0.05, 0) is 56.4 Å². The molecular weight excluding hydrogens is 670 g/mol. The SMILES string of the molecule is Cc1cc(C)c(S(=O)(=O)NC(CNC(=O)c2cn(CCc3ccccc3)c3c(F)c(CNC4=NCCCN4)c(F)cc3c2=O)C(=O)O)c(C)c1. The van der Waals surface area contributed by atoms with E-state index in [0.29, 0.717) is 36.6 Å². The number of rotatable bonds is 12. The first-order valence-electron chi connectivity index (χ1n) is 16.0. The van der Waals surface area contributed by atoms with Crippen LogP contribution in [0.25, 0.3) is 10.9 Å². The maximum Gasteiger partial charge on any atom is 0.323 e. The third kappa shape index (κ3) is 8.00. The highest BCUT2D eigenvalue weighted by Crippen LogP contribution is 2.25. The van der Waals surface area contributed by atoms with Gasteiger partial charge < -0.3 is 25.6 Å². The number of aromatic nitrogens is 1. The first kappa shape index (κ1) is 36.1. The Morgan fingerprint density at radius 2 is 1.78 bits per heavy atom. The van der Waals surface area contributed by atoms with Crippen molar-refractivity contribution in [3.05, 3.63) is 110 Å². The first-order chi connectivity index (χ1) is 23.8. The number of aliphatic imine (C=N–C) groups is 1. The molecule has 1 amide bonds. The lowest BCUT2D eigenvalue weighted by Crippen LogP contribution is -2.49. The van der Waals surface area contributed by atoms with E-state index in [2.05, 4.69) is 25.7 Å². The molecule has 1 aromatic heterocycles. The number of aliphatic carboxylic acids is 1. The Hall–Kier alpha value is -5.15. The lowest BCUT2D eigenvalue weighted by molar-refractivity contribution is -0.138. The van der Waals surface area contributed by atoms with E-state index in [0.717, 1.165) is 29.8 Å². The minimum absolute atomic E-state index is 0.0851. The fourth-order valence-corrected chi connectivity index (χ4v) is 7.69. The number of guanidine groups is 1. The number of halogens is 2. The van der Waals surface area contributed by atoms with Gasteiger partial charge in [0.25, 0.3) is 5.91 Å². The number of aryl methyl sites for hydroxylation is 5. The summed E-state index contributed by atoms with van der Waals surface area (Å²) in [4.78, 5) is 43.4. The van der Waals surface area contributed by atoms with E-state index in [-0.39, 0.29) is 29.1 Å². The van der Waals surface area contributed by atoms with E-state index in [1.165, 1.54) is 4.57 Å². The largest absolute Gasteiger partial charge is 0.480 e. The lowest BCUT2D eigenvalue weighted by Gasteiger charge is -2.19. The summed E-state index contributed by atoms with van der Waals surface area (Å²) in [6.07, 6.45) is 2.34. The standard InChI is InChI=1S/C35H38F2N6O6S/c1-20-14-21(2)32(22(3)15-20)50(48,49)42-28(34(46)47)18-40-33(45)26-19-43(13-10-23-8-5-4-6-9-23)30-24(31(26)44)16-27(36)25(29(30)37)17-41-35-38-11-7-12-39-35/h4-6,8-9,14-16,19,28,42H,7,10-13,17-18H2,1-3H3,(H,40,45)(H,46,47)(H2,38,39,41). The minimum atomic E-state index is -4.35. The van der Waals surface area contributed by atoms with Gasteiger partial charge in [0.1, 0.15) is 17.4 Å². The number of sulfonamides is 1. The number of nitrogens with zero attached hydrogens (tertiary/aromatic N) is 2. The number of hydrogen-bond donors (Lipinski definition) is 5. The van der Waals surface area contributed by atoms with Gasteiger partial charge in [-0.25, -0.2) is 17.2 Å². The van der Waals surface area contributed by atoms with Crippen LogP contribution in [0.5, 0.6) is 0 Å². The molecule has 0 aliphatic carbocycles. The molecular formula is C35H38F2N6O6S. The molecule has 0 bridgehead atoms. The molecule has 5 N–H and O–H groups in total. The molecule has 15 heteroatoms. The number of amides is 1. The predicted octanol–water partition coefficient (Wildman–Crippen LogP) is 3.05.